The van der Waals surface area contributed by atoms with Gasteiger partial charge in [-0.15, -0.1) is 0 Å². The van der Waals surface area contributed by atoms with Crippen molar-refractivity contribution < 1.29 is 39.7 Å². The first-order valence-corrected chi connectivity index (χ1v) is 20.4. The molecular formula is C35H31N2O8S2Se-. The van der Waals surface area contributed by atoms with Crippen molar-refractivity contribution in [2.75, 3.05) is 23.0 Å². The maximum absolute atomic E-state index is 11.5. The zero-order valence-corrected chi connectivity index (χ0v) is 29.3. The SMILES string of the molecule is CCC(/C=C1\Oc2ccc3cc4ccccc4cc3c2N1CCCS(=O)(=O)[O-])=C\c1[se]c2ccc3ccoc3c2[n+]1CCCS(=O)(=O)[O-]. The molecule has 0 unspecified atom stereocenters. The van der Waals surface area contributed by atoms with Gasteiger partial charge in [0.2, 0.25) is 0 Å². The molecule has 0 bridgehead atoms. The van der Waals surface area contributed by atoms with E-state index in [0.29, 0.717) is 30.2 Å². The van der Waals surface area contributed by atoms with Crippen molar-refractivity contribution in [3.05, 3.63) is 95.1 Å². The van der Waals surface area contributed by atoms with E-state index in [-0.39, 0.29) is 33.9 Å². The van der Waals surface area contributed by atoms with Crippen molar-refractivity contribution >= 4 is 88.8 Å². The molecule has 0 atom stereocenters. The molecular weight excluding hydrogens is 719 g/mol. The molecule has 1 aliphatic heterocycles. The Balaban J connectivity index is 1.33. The molecule has 0 saturated carbocycles. The first-order chi connectivity index (χ1) is 23.0. The molecule has 0 fully saturated rings. The van der Waals surface area contributed by atoms with E-state index in [9.17, 15) is 25.9 Å². The fraction of sp³-hybridized carbons (Fsp3) is 0.229. The molecule has 0 saturated heterocycles. The van der Waals surface area contributed by atoms with Gasteiger partial charge in [-0.05, 0) is 0 Å². The topological polar surface area (TPSA) is 144 Å². The Morgan fingerprint density at radius 2 is 1.62 bits per heavy atom. The number of allylic oxidation sites excluding steroid dienone is 2. The van der Waals surface area contributed by atoms with Crippen LogP contribution in [0.3, 0.4) is 0 Å². The van der Waals surface area contributed by atoms with Gasteiger partial charge in [0, 0.05) is 0 Å². The van der Waals surface area contributed by atoms with Crippen LogP contribution in [0.15, 0.2) is 94.9 Å². The summed E-state index contributed by atoms with van der Waals surface area (Å²) in [5, 5.41) is 5.05. The summed E-state index contributed by atoms with van der Waals surface area (Å²) >= 11 is -0.134. The summed E-state index contributed by atoms with van der Waals surface area (Å²) in [4.78, 5) is 1.95. The van der Waals surface area contributed by atoms with E-state index in [0.717, 1.165) is 52.5 Å². The molecule has 0 spiro atoms. The van der Waals surface area contributed by atoms with Gasteiger partial charge in [0.25, 0.3) is 0 Å². The Morgan fingerprint density at radius 1 is 0.896 bits per heavy atom. The maximum atomic E-state index is 11.5. The molecule has 0 radical (unpaired) electrons. The Bertz CT molecular complexity index is 2500. The first-order valence-electron chi connectivity index (χ1n) is 15.5. The number of furan rings is 1. The molecule has 0 aliphatic carbocycles. The second kappa shape index (κ2) is 12.8. The standard InChI is InChI=1S/C35H32N2O8S2Se/c1-2-23(20-32-37(15-6-18-47(41,42)43)34-30(48-32)12-10-24-13-16-44-35(24)34)19-31-36(14-5-17-46(38,39)40)33-28-22-26-8-4-3-7-25(26)21-27(28)9-11-29(33)45-31/h3-4,7-13,16,19-22H,2,5-6,14-15,17-18H2,1H3,(H-,38,39,40,41,42,43)/p-1. The monoisotopic (exact) mass is 751 g/mol. The Hall–Kier alpha value is -3.97. The van der Waals surface area contributed by atoms with Gasteiger partial charge >= 0.3 is 279 Å². The summed E-state index contributed by atoms with van der Waals surface area (Å²) in [6, 6.07) is 22.2. The van der Waals surface area contributed by atoms with Gasteiger partial charge < -0.3 is 0 Å². The van der Waals surface area contributed by atoms with Crippen molar-refractivity contribution in [1.29, 1.82) is 0 Å². The Kier molecular flexibility index (Phi) is 8.69. The van der Waals surface area contributed by atoms with Crippen molar-refractivity contribution in [1.82, 2.24) is 0 Å². The quantitative estimate of drug-likeness (QED) is 0.0711. The van der Waals surface area contributed by atoms with Crippen LogP contribution in [0.1, 0.15) is 30.8 Å². The Labute approximate surface area is 283 Å². The van der Waals surface area contributed by atoms with E-state index in [1.54, 1.807) is 6.26 Å². The normalized spacial score (nSPS) is 14.9. The zero-order valence-electron chi connectivity index (χ0n) is 25.9. The van der Waals surface area contributed by atoms with Gasteiger partial charge in [-0.2, -0.15) is 0 Å². The molecule has 3 heterocycles. The van der Waals surface area contributed by atoms with E-state index in [1.165, 1.54) is 0 Å². The van der Waals surface area contributed by atoms with E-state index < -0.39 is 31.7 Å². The van der Waals surface area contributed by atoms with Crippen LogP contribution in [0, 0.1) is 0 Å². The fourth-order valence-corrected chi connectivity index (χ4v) is 9.66. The average Bonchev–Trinajstić information content (AvgIpc) is 3.74. The molecule has 48 heavy (non-hydrogen) atoms. The van der Waals surface area contributed by atoms with Gasteiger partial charge in [-0.3, -0.25) is 0 Å². The van der Waals surface area contributed by atoms with Crippen LogP contribution in [0.2, 0.25) is 0 Å². The number of benzene rings is 4. The molecule has 6 aromatic rings. The van der Waals surface area contributed by atoms with Gasteiger partial charge in [0.15, 0.2) is 0 Å². The summed E-state index contributed by atoms with van der Waals surface area (Å²) in [5.74, 6) is 0.188. The number of rotatable bonds is 11. The molecule has 0 amide bonds. The van der Waals surface area contributed by atoms with Gasteiger partial charge in [-0.1, -0.05) is 6.07 Å². The van der Waals surface area contributed by atoms with E-state index in [4.69, 9.17) is 9.15 Å². The van der Waals surface area contributed by atoms with E-state index >= 15 is 0 Å². The molecule has 13 heteroatoms. The number of aromatic nitrogens is 1. The second-order valence-corrected chi connectivity index (χ2v) is 17.0. The minimum absolute atomic E-state index is 0.118. The number of nitrogens with zero attached hydrogens (tertiary/aromatic N) is 2. The summed E-state index contributed by atoms with van der Waals surface area (Å²) in [6.45, 7) is 2.60. The van der Waals surface area contributed by atoms with Crippen LogP contribution in [-0.4, -0.2) is 58.5 Å². The van der Waals surface area contributed by atoms with Gasteiger partial charge in [0.1, 0.15) is 0 Å². The molecule has 2 aromatic heterocycles. The van der Waals surface area contributed by atoms with Crippen LogP contribution in [0.4, 0.5) is 5.69 Å². The van der Waals surface area contributed by atoms with Gasteiger partial charge in [0.05, 0.1) is 0 Å². The van der Waals surface area contributed by atoms with Crippen LogP contribution in [0.25, 0.3) is 48.4 Å². The van der Waals surface area contributed by atoms with E-state index in [2.05, 4.69) is 34.9 Å². The number of hydrogen-bond acceptors (Lipinski definition) is 9. The predicted molar refractivity (Wildman–Crippen MR) is 185 cm³/mol. The van der Waals surface area contributed by atoms with Crippen LogP contribution < -0.4 is 14.2 Å². The van der Waals surface area contributed by atoms with Crippen molar-refractivity contribution in [3.63, 3.8) is 0 Å². The van der Waals surface area contributed by atoms with Crippen LogP contribution in [0.5, 0.6) is 5.75 Å². The molecule has 10 nitrogen and oxygen atoms in total. The second-order valence-electron chi connectivity index (χ2n) is 11.7. The van der Waals surface area contributed by atoms with Crippen LogP contribution in [-0.2, 0) is 26.8 Å². The third-order valence-electron chi connectivity index (χ3n) is 8.46. The minimum atomic E-state index is -4.41. The number of aryl methyl sites for hydroxylation is 1. The van der Waals surface area contributed by atoms with Crippen molar-refractivity contribution in [3.8, 4) is 5.75 Å². The summed E-state index contributed by atoms with van der Waals surface area (Å²) in [5.41, 5.74) is 3.34. The molecule has 0 N–H and O–H groups in total. The first kappa shape index (κ1) is 32.6. The molecule has 1 aliphatic rings. The fourth-order valence-electron chi connectivity index (χ4n) is 6.25. The average molecular weight is 751 g/mol. The van der Waals surface area contributed by atoms with Crippen molar-refractivity contribution in [2.45, 2.75) is 32.7 Å². The summed E-state index contributed by atoms with van der Waals surface area (Å²) in [7, 11) is -8.78. The molecule has 7 rings (SSSR count). The van der Waals surface area contributed by atoms with Gasteiger partial charge in [-0.25, -0.2) is 0 Å². The number of hydrogen-bond donors (Lipinski definition) is 0. The number of ether oxygens (including phenoxy) is 1. The third kappa shape index (κ3) is 6.67. The van der Waals surface area contributed by atoms with Crippen molar-refractivity contribution in [2.24, 2.45) is 0 Å². The predicted octanol–water partition coefficient (Wildman–Crippen LogP) is 5.64. The molecule has 248 valence electrons. The molecule has 4 aromatic carbocycles. The number of fused-ring (bicyclic) bond motifs is 7. The van der Waals surface area contributed by atoms with E-state index in [1.807, 2.05) is 60.4 Å². The third-order valence-corrected chi connectivity index (χ3v) is 12.3. The Morgan fingerprint density at radius 3 is 2.38 bits per heavy atom. The number of anilines is 1. The zero-order chi connectivity index (χ0) is 33.6. The summed E-state index contributed by atoms with van der Waals surface area (Å²) < 4.78 is 85.3. The summed E-state index contributed by atoms with van der Waals surface area (Å²) in [6.07, 6.45) is 6.55. The van der Waals surface area contributed by atoms with Crippen LogP contribution >= 0.6 is 0 Å².